The van der Waals surface area contributed by atoms with Gasteiger partial charge in [0, 0.05) is 32.7 Å². The standard InChI is InChI=1S/C7H9N.Y/c1-2-8-7-5-3-4-6-7;/h3-5H2,1H3;/q-2;. The molecule has 1 nitrogen and oxygen atoms in total. The van der Waals surface area contributed by atoms with Gasteiger partial charge in [0.15, 0.2) is 0 Å². The minimum atomic E-state index is 0. The van der Waals surface area contributed by atoms with E-state index in [4.69, 9.17) is 0 Å². The van der Waals surface area contributed by atoms with Gasteiger partial charge in [-0.2, -0.15) is 6.21 Å². The van der Waals surface area contributed by atoms with E-state index in [1.807, 2.05) is 6.92 Å². The van der Waals surface area contributed by atoms with Crippen LogP contribution in [0.3, 0.4) is 0 Å². The molecular formula is C7H9NY-2. The Balaban J connectivity index is 0.000000640. The Bertz CT molecular complexity index is 127. The van der Waals surface area contributed by atoms with Crippen molar-refractivity contribution in [3.63, 3.8) is 0 Å². The second-order valence-electron chi connectivity index (χ2n) is 1.81. The maximum atomic E-state index is 3.98. The summed E-state index contributed by atoms with van der Waals surface area (Å²) in [7, 11) is 0. The van der Waals surface area contributed by atoms with Gasteiger partial charge in [-0.25, -0.2) is 6.42 Å². The fourth-order valence-electron chi connectivity index (χ4n) is 0.807. The summed E-state index contributed by atoms with van der Waals surface area (Å²) >= 11 is 0. The van der Waals surface area contributed by atoms with Crippen LogP contribution >= 0.6 is 0 Å². The van der Waals surface area contributed by atoms with Gasteiger partial charge in [-0.3, -0.25) is 0 Å². The monoisotopic (exact) mass is 196 g/mol. The SMILES string of the molecule is C[C-]=NC1=[C-]CCC1.[Y]. The molecule has 0 aliphatic heterocycles. The molecule has 0 aromatic rings. The Morgan fingerprint density at radius 1 is 1.67 bits per heavy atom. The Labute approximate surface area is 81.5 Å². The van der Waals surface area contributed by atoms with Crippen molar-refractivity contribution in [2.24, 2.45) is 4.99 Å². The Morgan fingerprint density at radius 2 is 2.44 bits per heavy atom. The molecule has 0 saturated carbocycles. The molecule has 0 fully saturated rings. The average molecular weight is 196 g/mol. The van der Waals surface area contributed by atoms with Crippen LogP contribution in [-0.4, -0.2) is 6.21 Å². The van der Waals surface area contributed by atoms with Crippen molar-refractivity contribution in [1.82, 2.24) is 0 Å². The van der Waals surface area contributed by atoms with Gasteiger partial charge < -0.3 is 16.8 Å². The maximum Gasteiger partial charge on any atom is 0 e. The molecule has 9 heavy (non-hydrogen) atoms. The molecule has 0 aromatic carbocycles. The van der Waals surface area contributed by atoms with Crippen molar-refractivity contribution < 1.29 is 32.7 Å². The summed E-state index contributed by atoms with van der Waals surface area (Å²) < 4.78 is 0. The van der Waals surface area contributed by atoms with Crippen molar-refractivity contribution in [2.45, 2.75) is 26.2 Å². The molecule has 1 radical (unpaired) electrons. The number of hydrogen-bond donors (Lipinski definition) is 0. The molecule has 1 aliphatic carbocycles. The summed E-state index contributed by atoms with van der Waals surface area (Å²) in [4.78, 5) is 3.98. The van der Waals surface area contributed by atoms with E-state index in [0.717, 1.165) is 18.5 Å². The maximum absolute atomic E-state index is 3.98. The summed E-state index contributed by atoms with van der Waals surface area (Å²) in [6, 6.07) is 0. The van der Waals surface area contributed by atoms with E-state index < -0.39 is 0 Å². The minimum absolute atomic E-state index is 0. The number of hydrogen-bond acceptors (Lipinski definition) is 1. The molecule has 0 unspecified atom stereocenters. The topological polar surface area (TPSA) is 12.4 Å². The normalized spacial score (nSPS) is 17.7. The van der Waals surface area contributed by atoms with Crippen molar-refractivity contribution >= 4 is 6.21 Å². The molecule has 47 valence electrons. The Kier molecular flexibility index (Phi) is 5.61. The molecular weight excluding hydrogens is 187 g/mol. The van der Waals surface area contributed by atoms with Crippen molar-refractivity contribution in [3.8, 4) is 0 Å². The third-order valence-corrected chi connectivity index (χ3v) is 1.17. The van der Waals surface area contributed by atoms with Crippen LogP contribution in [0.25, 0.3) is 0 Å². The largest absolute Gasteiger partial charge is 0.580 e. The van der Waals surface area contributed by atoms with E-state index in [0.29, 0.717) is 0 Å². The minimum Gasteiger partial charge on any atom is -0.580 e. The van der Waals surface area contributed by atoms with Gasteiger partial charge in [0.1, 0.15) is 0 Å². The Hall–Kier alpha value is 0.514. The van der Waals surface area contributed by atoms with Crippen LogP contribution in [-0.2, 0) is 32.7 Å². The first kappa shape index (κ1) is 9.51. The third kappa shape index (κ3) is 3.27. The number of nitrogens with zero attached hydrogens (tertiary/aromatic N) is 1. The average Bonchev–Trinajstić information content (AvgIpc) is 2.19. The van der Waals surface area contributed by atoms with Crippen LogP contribution < -0.4 is 0 Å². The zero-order valence-corrected chi connectivity index (χ0v) is 8.48. The summed E-state index contributed by atoms with van der Waals surface area (Å²) in [6.45, 7) is 1.81. The van der Waals surface area contributed by atoms with E-state index >= 15 is 0 Å². The first-order valence-corrected chi connectivity index (χ1v) is 2.90. The van der Waals surface area contributed by atoms with Gasteiger partial charge in [0.25, 0.3) is 0 Å². The molecule has 0 heterocycles. The number of allylic oxidation sites excluding steroid dienone is 2. The van der Waals surface area contributed by atoms with Gasteiger partial charge in [0.05, 0.1) is 0 Å². The summed E-state index contributed by atoms with van der Waals surface area (Å²) in [6.07, 6.45) is 9.28. The van der Waals surface area contributed by atoms with Crippen LogP contribution in [0.4, 0.5) is 0 Å². The van der Waals surface area contributed by atoms with Crippen molar-refractivity contribution in [1.29, 1.82) is 0 Å². The van der Waals surface area contributed by atoms with Gasteiger partial charge in [0.2, 0.25) is 0 Å². The van der Waals surface area contributed by atoms with E-state index in [9.17, 15) is 0 Å². The van der Waals surface area contributed by atoms with Crippen LogP contribution in [0.1, 0.15) is 26.2 Å². The molecule has 0 amide bonds. The van der Waals surface area contributed by atoms with Gasteiger partial charge in [-0.05, 0) is 0 Å². The number of rotatable bonds is 1. The van der Waals surface area contributed by atoms with E-state index in [1.54, 1.807) is 0 Å². The fourth-order valence-corrected chi connectivity index (χ4v) is 0.807. The molecule has 0 N–H and O–H groups in total. The number of aliphatic imine (C=N–C) groups is 1. The van der Waals surface area contributed by atoms with Crippen LogP contribution in [0.15, 0.2) is 10.7 Å². The van der Waals surface area contributed by atoms with E-state index in [1.165, 1.54) is 6.42 Å². The van der Waals surface area contributed by atoms with Gasteiger partial charge in [-0.15, -0.1) is 13.3 Å². The van der Waals surface area contributed by atoms with Crippen LogP contribution in [0.2, 0.25) is 0 Å². The second kappa shape index (κ2) is 5.31. The molecule has 0 spiro atoms. The molecule has 1 rings (SSSR count). The van der Waals surface area contributed by atoms with Crippen LogP contribution in [0, 0.1) is 6.08 Å². The Morgan fingerprint density at radius 3 is 2.89 bits per heavy atom. The third-order valence-electron chi connectivity index (χ3n) is 1.17. The fraction of sp³-hybridized carbons (Fsp3) is 0.571. The van der Waals surface area contributed by atoms with E-state index in [-0.39, 0.29) is 32.7 Å². The smallest absolute Gasteiger partial charge is 0 e. The molecule has 0 aromatic heterocycles. The summed E-state index contributed by atoms with van der Waals surface area (Å²) in [5.41, 5.74) is 1.09. The van der Waals surface area contributed by atoms with Crippen molar-refractivity contribution in [2.75, 3.05) is 0 Å². The summed E-state index contributed by atoms with van der Waals surface area (Å²) in [5, 5.41) is 0. The predicted octanol–water partition coefficient (Wildman–Crippen LogP) is 1.82. The van der Waals surface area contributed by atoms with E-state index in [2.05, 4.69) is 17.3 Å². The quantitative estimate of drug-likeness (QED) is 0.448. The molecule has 0 bridgehead atoms. The predicted molar refractivity (Wildman–Crippen MR) is 33.7 cm³/mol. The molecule has 0 saturated heterocycles. The zero-order chi connectivity index (χ0) is 5.82. The second-order valence-corrected chi connectivity index (χ2v) is 1.81. The van der Waals surface area contributed by atoms with Gasteiger partial charge >= 0.3 is 0 Å². The first-order chi connectivity index (χ1) is 3.93. The zero-order valence-electron chi connectivity index (χ0n) is 5.65. The molecule has 2 heteroatoms. The molecule has 1 aliphatic rings. The molecule has 0 atom stereocenters. The van der Waals surface area contributed by atoms with Crippen LogP contribution in [0.5, 0.6) is 0 Å². The van der Waals surface area contributed by atoms with Crippen molar-refractivity contribution in [3.05, 3.63) is 11.8 Å². The first-order valence-electron chi connectivity index (χ1n) is 2.90. The van der Waals surface area contributed by atoms with Gasteiger partial charge in [-0.1, -0.05) is 6.42 Å². The summed E-state index contributed by atoms with van der Waals surface area (Å²) in [5.74, 6) is 0.